The van der Waals surface area contributed by atoms with E-state index in [2.05, 4.69) is 10.3 Å². The normalized spacial score (nSPS) is 13.4. The minimum atomic E-state index is -4.83. The van der Waals surface area contributed by atoms with Crippen LogP contribution in [0, 0.1) is 17.5 Å². The van der Waals surface area contributed by atoms with Gasteiger partial charge in [-0.3, -0.25) is 10.3 Å². The highest BCUT2D eigenvalue weighted by Crippen LogP contribution is 2.38. The molecule has 0 aliphatic heterocycles. The number of hydrogen-bond acceptors (Lipinski definition) is 2. The number of aromatic nitrogens is 1. The monoisotopic (exact) mass is 520 g/mol. The van der Waals surface area contributed by atoms with Crippen molar-refractivity contribution in [2.75, 3.05) is 0 Å². The highest BCUT2D eigenvalue weighted by atomic mass is 35.5. The second kappa shape index (κ2) is 10.3. The van der Waals surface area contributed by atoms with Gasteiger partial charge in [0.2, 0.25) is 0 Å². The molecule has 0 aliphatic carbocycles. The van der Waals surface area contributed by atoms with Gasteiger partial charge in [-0.15, -0.1) is 0 Å². The van der Waals surface area contributed by atoms with E-state index in [4.69, 9.17) is 11.6 Å². The number of alkyl halides is 3. The van der Waals surface area contributed by atoms with E-state index in [0.717, 1.165) is 24.3 Å². The van der Waals surface area contributed by atoms with Crippen molar-refractivity contribution in [2.24, 2.45) is 0 Å². The molecule has 36 heavy (non-hydrogen) atoms. The summed E-state index contributed by atoms with van der Waals surface area (Å²) in [6, 6.07) is 17.2. The first kappa shape index (κ1) is 25.7. The molecule has 0 amide bonds. The summed E-state index contributed by atoms with van der Waals surface area (Å²) in [5.41, 5.74) is -2.42. The van der Waals surface area contributed by atoms with Gasteiger partial charge in [0.05, 0.1) is 21.8 Å². The highest BCUT2D eigenvalue weighted by Gasteiger charge is 2.39. The fraction of sp³-hybridized carbons (Fsp3) is 0.148. The molecule has 1 unspecified atom stereocenters. The molecular weight excluding hydrogens is 502 g/mol. The third kappa shape index (κ3) is 5.55. The topological polar surface area (TPSA) is 24.9 Å². The summed E-state index contributed by atoms with van der Waals surface area (Å²) in [4.78, 5) is 4.32. The van der Waals surface area contributed by atoms with Crippen molar-refractivity contribution in [3.8, 4) is 0 Å². The summed E-state index contributed by atoms with van der Waals surface area (Å²) in [6.45, 7) is -0.423. The minimum Gasteiger partial charge on any atom is -0.298 e. The Morgan fingerprint density at radius 2 is 1.44 bits per heavy atom. The third-order valence-corrected chi connectivity index (χ3v) is 6.05. The number of halogens is 7. The molecule has 0 radical (unpaired) electrons. The zero-order chi connectivity index (χ0) is 25.9. The molecule has 186 valence electrons. The lowest BCUT2D eigenvalue weighted by atomic mass is 9.79. The molecule has 3 aromatic carbocycles. The van der Waals surface area contributed by atoms with Crippen LogP contribution >= 0.6 is 11.6 Å². The van der Waals surface area contributed by atoms with Crippen LogP contribution in [0.5, 0.6) is 0 Å². The van der Waals surface area contributed by atoms with Gasteiger partial charge in [-0.25, -0.2) is 13.2 Å². The molecule has 0 spiro atoms. The Labute approximate surface area is 208 Å². The summed E-state index contributed by atoms with van der Waals surface area (Å²) in [6.07, 6.45) is -3.55. The minimum absolute atomic E-state index is 0.0146. The van der Waals surface area contributed by atoms with Crippen LogP contribution in [-0.4, -0.2) is 4.98 Å². The maximum atomic E-state index is 14.6. The lowest BCUT2D eigenvalue weighted by molar-refractivity contribution is -0.137. The second-order valence-electron chi connectivity index (χ2n) is 8.21. The van der Waals surface area contributed by atoms with Crippen molar-refractivity contribution in [3.05, 3.63) is 135 Å². The predicted molar refractivity (Wildman–Crippen MR) is 125 cm³/mol. The Morgan fingerprint density at radius 1 is 0.778 bits per heavy atom. The summed E-state index contributed by atoms with van der Waals surface area (Å²) in [5.74, 6) is -2.80. The number of rotatable bonds is 7. The Kier molecular flexibility index (Phi) is 7.38. The number of nitrogens with zero attached hydrogens (tertiary/aromatic N) is 1. The number of benzene rings is 3. The first-order valence-electron chi connectivity index (χ1n) is 10.8. The number of pyridine rings is 1. The molecule has 0 saturated heterocycles. The van der Waals surface area contributed by atoms with E-state index < -0.39 is 41.3 Å². The summed E-state index contributed by atoms with van der Waals surface area (Å²) < 4.78 is 84.5. The van der Waals surface area contributed by atoms with Crippen LogP contribution in [0.4, 0.5) is 26.3 Å². The largest absolute Gasteiger partial charge is 0.416 e. The van der Waals surface area contributed by atoms with Crippen LogP contribution in [0.1, 0.15) is 27.9 Å². The first-order chi connectivity index (χ1) is 17.1. The molecule has 0 saturated carbocycles. The summed E-state index contributed by atoms with van der Waals surface area (Å²) in [7, 11) is 0. The molecule has 4 rings (SSSR count). The Balaban J connectivity index is 1.96. The quantitative estimate of drug-likeness (QED) is 0.256. The fourth-order valence-corrected chi connectivity index (χ4v) is 4.18. The molecule has 1 atom stereocenters. The van der Waals surface area contributed by atoms with Crippen LogP contribution in [0.3, 0.4) is 0 Å². The van der Waals surface area contributed by atoms with Gasteiger partial charge in [0.1, 0.15) is 17.5 Å². The van der Waals surface area contributed by atoms with Crippen LogP contribution in [0.25, 0.3) is 0 Å². The molecule has 0 bridgehead atoms. The van der Waals surface area contributed by atoms with Crippen LogP contribution in [0.15, 0.2) is 85.1 Å². The Bertz CT molecular complexity index is 1320. The van der Waals surface area contributed by atoms with Crippen molar-refractivity contribution in [2.45, 2.75) is 24.7 Å². The summed E-state index contributed by atoms with van der Waals surface area (Å²) >= 11 is 6.00. The molecule has 1 heterocycles. The SMILES string of the molecule is Fc1cc(C(F)(F)F)cc(C(Cc2ccccc2)(NCc2c(F)cccc2F)c2ccc(Cl)cn2)c1. The van der Waals surface area contributed by atoms with Gasteiger partial charge < -0.3 is 0 Å². The van der Waals surface area contributed by atoms with Gasteiger partial charge in [0.25, 0.3) is 0 Å². The van der Waals surface area contributed by atoms with E-state index in [1.165, 1.54) is 24.4 Å². The Morgan fingerprint density at radius 3 is 2.06 bits per heavy atom. The fourth-order valence-electron chi connectivity index (χ4n) is 4.07. The van der Waals surface area contributed by atoms with Crippen LogP contribution in [0.2, 0.25) is 5.02 Å². The average molecular weight is 521 g/mol. The van der Waals surface area contributed by atoms with Crippen LogP contribution in [-0.2, 0) is 24.7 Å². The molecule has 9 heteroatoms. The molecular formula is C27H19ClF6N2. The molecule has 1 aromatic heterocycles. The van der Waals surface area contributed by atoms with E-state index in [1.807, 2.05) is 0 Å². The van der Waals surface area contributed by atoms with Gasteiger partial charge >= 0.3 is 6.18 Å². The molecule has 0 fully saturated rings. The maximum absolute atomic E-state index is 14.6. The predicted octanol–water partition coefficient (Wildman–Crippen LogP) is 7.45. The summed E-state index contributed by atoms with van der Waals surface area (Å²) in [5, 5.41) is 3.28. The van der Waals surface area contributed by atoms with Crippen LogP contribution < -0.4 is 5.32 Å². The maximum Gasteiger partial charge on any atom is 0.416 e. The van der Waals surface area contributed by atoms with Crippen molar-refractivity contribution in [3.63, 3.8) is 0 Å². The van der Waals surface area contributed by atoms with Gasteiger partial charge in [-0.1, -0.05) is 48.0 Å². The van der Waals surface area contributed by atoms with Gasteiger partial charge in [-0.2, -0.15) is 13.2 Å². The average Bonchev–Trinajstić information content (AvgIpc) is 2.83. The van der Waals surface area contributed by atoms with Gasteiger partial charge in [0.15, 0.2) is 0 Å². The lowest BCUT2D eigenvalue weighted by Gasteiger charge is -2.36. The van der Waals surface area contributed by atoms with E-state index in [9.17, 15) is 26.3 Å². The molecule has 0 aliphatic rings. The van der Waals surface area contributed by atoms with E-state index >= 15 is 0 Å². The number of nitrogens with one attached hydrogen (secondary N) is 1. The van der Waals surface area contributed by atoms with Gasteiger partial charge in [0, 0.05) is 24.7 Å². The zero-order valence-corrected chi connectivity index (χ0v) is 19.3. The lowest BCUT2D eigenvalue weighted by Crippen LogP contribution is -2.46. The standard InChI is InChI=1S/C27H19ClF6N2/c28-20-9-10-25(35-15-20)26(14-17-5-2-1-3-6-17,36-16-22-23(30)7-4-8-24(22)31)18-11-19(27(32,33)34)13-21(29)12-18/h1-13,15,36H,14,16H2. The van der Waals surface area contributed by atoms with E-state index in [-0.39, 0.29) is 28.3 Å². The van der Waals surface area contributed by atoms with Gasteiger partial charge in [-0.05, 0) is 53.6 Å². The molecule has 1 N–H and O–H groups in total. The number of hydrogen-bond donors (Lipinski definition) is 1. The van der Waals surface area contributed by atoms with Crippen molar-refractivity contribution in [1.29, 1.82) is 0 Å². The zero-order valence-electron chi connectivity index (χ0n) is 18.6. The third-order valence-electron chi connectivity index (χ3n) is 5.82. The van der Waals surface area contributed by atoms with E-state index in [1.54, 1.807) is 30.3 Å². The highest BCUT2D eigenvalue weighted by molar-refractivity contribution is 6.30. The van der Waals surface area contributed by atoms with Crippen molar-refractivity contribution < 1.29 is 26.3 Å². The second-order valence-corrected chi connectivity index (χ2v) is 8.65. The van der Waals surface area contributed by atoms with Crippen molar-refractivity contribution >= 4 is 11.6 Å². The van der Waals surface area contributed by atoms with E-state index in [0.29, 0.717) is 11.6 Å². The Hall–Kier alpha value is -3.36. The molecule has 4 aromatic rings. The molecule has 2 nitrogen and oxygen atoms in total. The smallest absolute Gasteiger partial charge is 0.298 e. The van der Waals surface area contributed by atoms with Crippen molar-refractivity contribution in [1.82, 2.24) is 10.3 Å². The first-order valence-corrected chi connectivity index (χ1v) is 11.2.